The van der Waals surface area contributed by atoms with Gasteiger partial charge in [0.25, 0.3) is 0 Å². The minimum absolute atomic E-state index is 0.155. The Balaban J connectivity index is 1.82. The zero-order valence-electron chi connectivity index (χ0n) is 12.0. The first-order valence-electron chi connectivity index (χ1n) is 7.28. The lowest BCUT2D eigenvalue weighted by Crippen LogP contribution is -2.12. The normalized spacial score (nSPS) is 16.0. The fourth-order valence-corrected chi connectivity index (χ4v) is 3.86. The van der Waals surface area contributed by atoms with Crippen LogP contribution in [0.15, 0.2) is 77.2 Å². The summed E-state index contributed by atoms with van der Waals surface area (Å²) in [5, 5.41) is 2.39. The molecule has 3 aromatic carbocycles. The van der Waals surface area contributed by atoms with Gasteiger partial charge < -0.3 is 0 Å². The van der Waals surface area contributed by atoms with Gasteiger partial charge in [0.1, 0.15) is 0 Å². The number of hydrogen-bond acceptors (Lipinski definition) is 2. The first-order valence-corrected chi connectivity index (χ1v) is 8.26. The molecular weight excluding hydrogens is 288 g/mol. The summed E-state index contributed by atoms with van der Waals surface area (Å²) in [5.41, 5.74) is 2.81. The number of carbonyl (C=O) groups excluding carboxylic acids is 1. The number of carbonyl (C=O) groups is 1. The Hall–Kier alpha value is -2.32. The van der Waals surface area contributed by atoms with E-state index in [0.29, 0.717) is 0 Å². The molecule has 0 radical (unpaired) electrons. The molecule has 106 valence electrons. The minimum Gasteiger partial charge on any atom is -0.289 e. The Labute approximate surface area is 133 Å². The van der Waals surface area contributed by atoms with Crippen LogP contribution in [0.3, 0.4) is 0 Å². The van der Waals surface area contributed by atoms with Crippen LogP contribution < -0.4 is 0 Å². The first kappa shape index (κ1) is 13.4. The average Bonchev–Trinajstić information content (AvgIpc) is 2.58. The summed E-state index contributed by atoms with van der Waals surface area (Å²) < 4.78 is 0. The molecule has 3 aromatic rings. The fourth-order valence-electron chi connectivity index (χ4n) is 2.85. The van der Waals surface area contributed by atoms with Crippen LogP contribution in [0.1, 0.15) is 15.9 Å². The van der Waals surface area contributed by atoms with Crippen molar-refractivity contribution >= 4 is 34.4 Å². The molecule has 0 amide bonds. The molecule has 0 aromatic heterocycles. The van der Waals surface area contributed by atoms with E-state index in [1.54, 1.807) is 11.8 Å². The molecule has 2 heteroatoms. The molecule has 1 nitrogen and oxygen atoms in total. The number of benzene rings is 3. The Morgan fingerprint density at radius 2 is 1.64 bits per heavy atom. The SMILES string of the molecule is O=C1/C(=C/c2cccc3ccccc23)CSc2ccccc21. The van der Waals surface area contributed by atoms with Gasteiger partial charge in [0.05, 0.1) is 0 Å². The van der Waals surface area contributed by atoms with Crippen molar-refractivity contribution < 1.29 is 4.79 Å². The van der Waals surface area contributed by atoms with Crippen molar-refractivity contribution in [2.75, 3.05) is 5.75 Å². The lowest BCUT2D eigenvalue weighted by molar-refractivity contribution is 0.103. The van der Waals surface area contributed by atoms with Gasteiger partial charge in [-0.3, -0.25) is 4.79 Å². The van der Waals surface area contributed by atoms with Crippen LogP contribution >= 0.6 is 11.8 Å². The number of fused-ring (bicyclic) bond motifs is 2. The largest absolute Gasteiger partial charge is 0.289 e. The third-order valence-corrected chi connectivity index (χ3v) is 5.08. The van der Waals surface area contributed by atoms with Gasteiger partial charge in [0, 0.05) is 21.8 Å². The predicted octanol–water partition coefficient (Wildman–Crippen LogP) is 5.21. The van der Waals surface area contributed by atoms with Gasteiger partial charge >= 0.3 is 0 Å². The number of Topliss-reactive ketones (excluding diaryl/α,β-unsaturated/α-hetero) is 1. The van der Waals surface area contributed by atoms with Crippen LogP contribution in [0.4, 0.5) is 0 Å². The van der Waals surface area contributed by atoms with Crippen LogP contribution in [0.5, 0.6) is 0 Å². The van der Waals surface area contributed by atoms with Gasteiger partial charge in [-0.15, -0.1) is 11.8 Å². The maximum absolute atomic E-state index is 12.7. The lowest BCUT2D eigenvalue weighted by Gasteiger charge is -2.17. The highest BCUT2D eigenvalue weighted by atomic mass is 32.2. The van der Waals surface area contributed by atoms with E-state index in [2.05, 4.69) is 24.3 Å². The quantitative estimate of drug-likeness (QED) is 0.574. The van der Waals surface area contributed by atoms with Crippen molar-refractivity contribution in [1.82, 2.24) is 0 Å². The number of hydrogen-bond donors (Lipinski definition) is 0. The minimum atomic E-state index is 0.155. The molecule has 0 saturated carbocycles. The molecule has 0 bridgehead atoms. The average molecular weight is 302 g/mol. The van der Waals surface area contributed by atoms with Crippen LogP contribution in [-0.4, -0.2) is 11.5 Å². The van der Waals surface area contributed by atoms with Gasteiger partial charge in [-0.2, -0.15) is 0 Å². The first-order chi connectivity index (χ1) is 10.8. The van der Waals surface area contributed by atoms with E-state index in [9.17, 15) is 4.79 Å². The van der Waals surface area contributed by atoms with E-state index in [1.165, 1.54) is 10.8 Å². The van der Waals surface area contributed by atoms with Gasteiger partial charge in [-0.25, -0.2) is 0 Å². The van der Waals surface area contributed by atoms with Gasteiger partial charge in [0.2, 0.25) is 0 Å². The second-order valence-electron chi connectivity index (χ2n) is 5.35. The Morgan fingerprint density at radius 1 is 0.864 bits per heavy atom. The summed E-state index contributed by atoms with van der Waals surface area (Å²) in [6, 6.07) is 22.4. The molecule has 0 N–H and O–H groups in total. The number of thioether (sulfide) groups is 1. The Kier molecular flexibility index (Phi) is 3.32. The van der Waals surface area contributed by atoms with Crippen LogP contribution in [0.2, 0.25) is 0 Å². The summed E-state index contributed by atoms with van der Waals surface area (Å²) >= 11 is 1.74. The third-order valence-electron chi connectivity index (χ3n) is 3.96. The monoisotopic (exact) mass is 302 g/mol. The second kappa shape index (κ2) is 5.47. The molecule has 22 heavy (non-hydrogen) atoms. The smallest absolute Gasteiger partial charge is 0.191 e. The second-order valence-corrected chi connectivity index (χ2v) is 6.37. The van der Waals surface area contributed by atoms with Gasteiger partial charge in [0.15, 0.2) is 5.78 Å². The highest BCUT2D eigenvalue weighted by Gasteiger charge is 2.21. The summed E-state index contributed by atoms with van der Waals surface area (Å²) in [6.45, 7) is 0. The lowest BCUT2D eigenvalue weighted by atomic mass is 9.98. The van der Waals surface area contributed by atoms with Crippen molar-refractivity contribution in [3.8, 4) is 0 Å². The summed E-state index contributed by atoms with van der Waals surface area (Å²) in [4.78, 5) is 13.8. The molecule has 1 aliphatic heterocycles. The highest BCUT2D eigenvalue weighted by Crippen LogP contribution is 2.33. The molecule has 0 fully saturated rings. The maximum Gasteiger partial charge on any atom is 0.191 e. The Morgan fingerprint density at radius 3 is 2.59 bits per heavy atom. The van der Waals surface area contributed by atoms with Crippen LogP contribution in [0.25, 0.3) is 16.8 Å². The highest BCUT2D eigenvalue weighted by molar-refractivity contribution is 7.99. The molecular formula is C20H14OS. The third kappa shape index (κ3) is 2.26. The number of rotatable bonds is 1. The standard InChI is InChI=1S/C20H14OS/c21-20-16(13-22-19-11-4-3-10-18(19)20)12-15-8-5-7-14-6-1-2-9-17(14)15/h1-12H,13H2/b16-12+. The molecule has 0 unspecified atom stereocenters. The zero-order chi connectivity index (χ0) is 14.9. The van der Waals surface area contributed by atoms with Gasteiger partial charge in [-0.1, -0.05) is 54.6 Å². The molecule has 0 atom stereocenters. The van der Waals surface area contributed by atoms with Crippen molar-refractivity contribution in [1.29, 1.82) is 0 Å². The Bertz CT molecular complexity index is 903. The molecule has 4 rings (SSSR count). The topological polar surface area (TPSA) is 17.1 Å². The molecule has 0 aliphatic carbocycles. The summed E-state index contributed by atoms with van der Waals surface area (Å²) in [6.07, 6.45) is 2.05. The summed E-state index contributed by atoms with van der Waals surface area (Å²) in [7, 11) is 0. The van der Waals surface area contributed by atoms with Crippen molar-refractivity contribution in [3.63, 3.8) is 0 Å². The van der Waals surface area contributed by atoms with Crippen LogP contribution in [-0.2, 0) is 0 Å². The van der Waals surface area contributed by atoms with E-state index in [-0.39, 0.29) is 5.78 Å². The van der Waals surface area contributed by atoms with E-state index in [4.69, 9.17) is 0 Å². The van der Waals surface area contributed by atoms with E-state index in [0.717, 1.165) is 27.3 Å². The maximum atomic E-state index is 12.7. The van der Waals surface area contributed by atoms with Crippen molar-refractivity contribution in [3.05, 3.63) is 83.4 Å². The van der Waals surface area contributed by atoms with Crippen molar-refractivity contribution in [2.24, 2.45) is 0 Å². The van der Waals surface area contributed by atoms with Crippen molar-refractivity contribution in [2.45, 2.75) is 4.90 Å². The van der Waals surface area contributed by atoms with E-state index < -0.39 is 0 Å². The van der Waals surface area contributed by atoms with Gasteiger partial charge in [-0.05, 0) is 34.5 Å². The predicted molar refractivity (Wildman–Crippen MR) is 93.4 cm³/mol. The molecule has 1 aliphatic rings. The molecule has 0 saturated heterocycles. The summed E-state index contributed by atoms with van der Waals surface area (Å²) in [5.74, 6) is 0.890. The van der Waals surface area contributed by atoms with E-state index in [1.807, 2.05) is 48.5 Å². The fraction of sp³-hybridized carbons (Fsp3) is 0.0500. The zero-order valence-corrected chi connectivity index (χ0v) is 12.8. The number of ketones is 1. The van der Waals surface area contributed by atoms with E-state index >= 15 is 0 Å². The van der Waals surface area contributed by atoms with Crippen LogP contribution in [0, 0.1) is 0 Å². The molecule has 0 spiro atoms. The molecule has 1 heterocycles.